The first-order chi connectivity index (χ1) is 16.0. The largest absolute Gasteiger partial charge is 0.385 e. The van der Waals surface area contributed by atoms with Crippen LogP contribution in [0.3, 0.4) is 0 Å². The van der Waals surface area contributed by atoms with E-state index in [0.29, 0.717) is 18.3 Å². The molecule has 1 atom stereocenters. The number of amides is 1. The molecule has 1 aliphatic rings. The summed E-state index contributed by atoms with van der Waals surface area (Å²) in [5.41, 5.74) is 2.98. The number of carbonyl (C=O) groups excluding carboxylic acids is 1. The molecule has 0 spiro atoms. The van der Waals surface area contributed by atoms with Crippen LogP contribution in [0, 0.1) is 6.92 Å². The van der Waals surface area contributed by atoms with Crippen molar-refractivity contribution < 1.29 is 9.53 Å². The molecule has 6 nitrogen and oxygen atoms in total. The highest BCUT2D eigenvalue weighted by Gasteiger charge is 2.25. The maximum absolute atomic E-state index is 13.9. The molecule has 33 heavy (non-hydrogen) atoms. The van der Waals surface area contributed by atoms with Gasteiger partial charge in [-0.15, -0.1) is 11.3 Å². The van der Waals surface area contributed by atoms with Crippen LogP contribution in [0.25, 0.3) is 15.9 Å². The minimum atomic E-state index is -0.384. The molecule has 1 aliphatic carbocycles. The molecule has 1 aromatic carbocycles. The Morgan fingerprint density at radius 2 is 2.06 bits per heavy atom. The molecule has 1 unspecified atom stereocenters. The second kappa shape index (κ2) is 10.8. The predicted molar refractivity (Wildman–Crippen MR) is 136 cm³/mol. The summed E-state index contributed by atoms with van der Waals surface area (Å²) in [6.07, 6.45) is 6.19. The van der Waals surface area contributed by atoms with Gasteiger partial charge in [0.05, 0.1) is 16.3 Å². The van der Waals surface area contributed by atoms with Crippen LogP contribution in [0.5, 0.6) is 0 Å². The first kappa shape index (κ1) is 24.0. The van der Waals surface area contributed by atoms with Gasteiger partial charge in [0.1, 0.15) is 4.83 Å². The van der Waals surface area contributed by atoms with Gasteiger partial charge in [-0.2, -0.15) is 0 Å². The fourth-order valence-electron chi connectivity index (χ4n) is 4.25. The number of benzene rings is 1. The molecule has 8 heteroatoms. The van der Waals surface area contributed by atoms with Crippen molar-refractivity contribution >= 4 is 39.2 Å². The Bertz CT molecular complexity index is 1200. The molecule has 1 amide bonds. The van der Waals surface area contributed by atoms with E-state index >= 15 is 0 Å². The molecule has 176 valence electrons. The average Bonchev–Trinajstić information content (AvgIpc) is 2.98. The summed E-state index contributed by atoms with van der Waals surface area (Å²) in [7, 11) is 1.65. The van der Waals surface area contributed by atoms with Crippen molar-refractivity contribution in [2.45, 2.75) is 62.8 Å². The first-order valence-electron chi connectivity index (χ1n) is 11.6. The summed E-state index contributed by atoms with van der Waals surface area (Å²) < 4.78 is 6.77. The number of para-hydroxylation sites is 1. The number of thioether (sulfide) groups is 1. The summed E-state index contributed by atoms with van der Waals surface area (Å²) in [6.45, 7) is 5.03. The minimum absolute atomic E-state index is 0.0242. The van der Waals surface area contributed by atoms with Gasteiger partial charge in [-0.3, -0.25) is 14.2 Å². The van der Waals surface area contributed by atoms with E-state index in [1.165, 1.54) is 28.6 Å². The van der Waals surface area contributed by atoms with Gasteiger partial charge in [0.25, 0.3) is 5.56 Å². The molecule has 0 saturated heterocycles. The highest BCUT2D eigenvalue weighted by Crippen LogP contribution is 2.35. The molecule has 2 heterocycles. The summed E-state index contributed by atoms with van der Waals surface area (Å²) >= 11 is 2.99. The van der Waals surface area contributed by atoms with E-state index in [4.69, 9.17) is 9.72 Å². The summed E-state index contributed by atoms with van der Waals surface area (Å²) in [4.78, 5) is 33.7. The third-order valence-corrected chi connectivity index (χ3v) is 8.28. The van der Waals surface area contributed by atoms with E-state index in [1.807, 2.05) is 38.1 Å². The van der Waals surface area contributed by atoms with Crippen LogP contribution in [0.15, 0.2) is 34.2 Å². The van der Waals surface area contributed by atoms with E-state index < -0.39 is 0 Å². The van der Waals surface area contributed by atoms with E-state index in [-0.39, 0.29) is 16.7 Å². The fraction of sp³-hybridized carbons (Fsp3) is 0.480. The van der Waals surface area contributed by atoms with E-state index in [0.717, 1.165) is 53.6 Å². The molecule has 0 fully saturated rings. The average molecular weight is 486 g/mol. The van der Waals surface area contributed by atoms with Crippen molar-refractivity contribution in [3.63, 3.8) is 0 Å². The maximum atomic E-state index is 13.9. The number of carbonyl (C=O) groups is 1. The number of nitrogens with one attached hydrogen (secondary N) is 1. The molecular formula is C25H31N3O3S2. The molecule has 2 aromatic heterocycles. The van der Waals surface area contributed by atoms with Crippen LogP contribution in [-0.2, 0) is 22.4 Å². The van der Waals surface area contributed by atoms with Gasteiger partial charge >= 0.3 is 0 Å². The summed E-state index contributed by atoms with van der Waals surface area (Å²) in [5, 5.41) is 3.90. The lowest BCUT2D eigenvalue weighted by Crippen LogP contribution is -2.33. The fourth-order valence-corrected chi connectivity index (χ4v) is 6.50. The zero-order valence-corrected chi connectivity index (χ0v) is 21.1. The van der Waals surface area contributed by atoms with Gasteiger partial charge in [-0.05, 0) is 63.1 Å². The number of ether oxygens (including phenoxy) is 1. The third kappa shape index (κ3) is 5.18. The SMILES string of the molecule is COCCCNC(=O)C(C)Sc1nc2sc3c(c2c(=O)n1-c1ccccc1C)CCCCC3. The van der Waals surface area contributed by atoms with Crippen molar-refractivity contribution in [2.75, 3.05) is 20.3 Å². The topological polar surface area (TPSA) is 73.2 Å². The number of hydrogen-bond acceptors (Lipinski definition) is 6. The summed E-state index contributed by atoms with van der Waals surface area (Å²) in [6, 6.07) is 7.86. The normalized spacial score (nSPS) is 14.6. The molecule has 0 aliphatic heterocycles. The van der Waals surface area contributed by atoms with Crippen LogP contribution in [0.1, 0.15) is 48.6 Å². The number of aryl methyl sites for hydroxylation is 3. The van der Waals surface area contributed by atoms with Crippen LogP contribution < -0.4 is 10.9 Å². The van der Waals surface area contributed by atoms with E-state index in [1.54, 1.807) is 23.0 Å². The quantitative estimate of drug-likeness (QED) is 0.217. The first-order valence-corrected chi connectivity index (χ1v) is 13.3. The van der Waals surface area contributed by atoms with Crippen molar-refractivity contribution in [3.8, 4) is 5.69 Å². The molecule has 1 N–H and O–H groups in total. The van der Waals surface area contributed by atoms with Gasteiger partial charge in [0.2, 0.25) is 5.91 Å². The lowest BCUT2D eigenvalue weighted by atomic mass is 10.1. The number of thiophene rings is 1. The van der Waals surface area contributed by atoms with Gasteiger partial charge in [-0.25, -0.2) is 4.98 Å². The Morgan fingerprint density at radius 3 is 2.85 bits per heavy atom. The highest BCUT2D eigenvalue weighted by atomic mass is 32.2. The number of aromatic nitrogens is 2. The second-order valence-corrected chi connectivity index (χ2v) is 10.9. The van der Waals surface area contributed by atoms with Crippen molar-refractivity contribution in [1.82, 2.24) is 14.9 Å². The molecule has 3 aromatic rings. The summed E-state index contributed by atoms with van der Waals surface area (Å²) in [5.74, 6) is -0.0660. The zero-order chi connectivity index (χ0) is 23.4. The third-order valence-electron chi connectivity index (χ3n) is 6.04. The predicted octanol–water partition coefficient (Wildman–Crippen LogP) is 4.66. The van der Waals surface area contributed by atoms with Crippen molar-refractivity contribution in [2.24, 2.45) is 0 Å². The monoisotopic (exact) mass is 485 g/mol. The van der Waals surface area contributed by atoms with Crippen molar-refractivity contribution in [1.29, 1.82) is 0 Å². The lowest BCUT2D eigenvalue weighted by Gasteiger charge is -2.17. The Balaban J connectivity index is 1.76. The number of fused-ring (bicyclic) bond motifs is 3. The Hall–Kier alpha value is -2.16. The zero-order valence-electron chi connectivity index (χ0n) is 19.5. The van der Waals surface area contributed by atoms with Gasteiger partial charge in [-0.1, -0.05) is 36.4 Å². The molecule has 0 bridgehead atoms. The Kier molecular flexibility index (Phi) is 7.88. The van der Waals surface area contributed by atoms with Gasteiger partial charge in [0.15, 0.2) is 5.16 Å². The maximum Gasteiger partial charge on any atom is 0.267 e. The standard InChI is InChI=1S/C25H31N3O3S2/c1-16-10-7-8-12-19(16)28-24(30)21-18-11-5-4-6-13-20(18)33-23(21)27-25(28)32-17(2)22(29)26-14-9-15-31-3/h7-8,10,12,17H,4-6,9,11,13-15H2,1-3H3,(H,26,29). The second-order valence-electron chi connectivity index (χ2n) is 8.46. The molecule has 0 radical (unpaired) electrons. The molecular weight excluding hydrogens is 454 g/mol. The van der Waals surface area contributed by atoms with E-state index in [9.17, 15) is 9.59 Å². The molecule has 4 rings (SSSR count). The Morgan fingerprint density at radius 1 is 1.27 bits per heavy atom. The Labute approximate surface area is 202 Å². The van der Waals surface area contributed by atoms with Gasteiger partial charge < -0.3 is 10.1 Å². The minimum Gasteiger partial charge on any atom is -0.385 e. The van der Waals surface area contributed by atoms with Crippen LogP contribution in [-0.4, -0.2) is 41.0 Å². The van der Waals surface area contributed by atoms with Gasteiger partial charge in [0, 0.05) is 25.1 Å². The number of hydrogen-bond donors (Lipinski definition) is 1. The lowest BCUT2D eigenvalue weighted by molar-refractivity contribution is -0.120. The number of nitrogens with zero attached hydrogens (tertiary/aromatic N) is 2. The van der Waals surface area contributed by atoms with Crippen LogP contribution in [0.4, 0.5) is 0 Å². The molecule has 0 saturated carbocycles. The van der Waals surface area contributed by atoms with Crippen molar-refractivity contribution in [3.05, 3.63) is 50.6 Å². The smallest absolute Gasteiger partial charge is 0.267 e. The van der Waals surface area contributed by atoms with Crippen LogP contribution >= 0.6 is 23.1 Å². The van der Waals surface area contributed by atoms with Crippen LogP contribution in [0.2, 0.25) is 0 Å². The highest BCUT2D eigenvalue weighted by molar-refractivity contribution is 8.00. The number of rotatable bonds is 8. The number of methoxy groups -OCH3 is 1. The van der Waals surface area contributed by atoms with E-state index in [2.05, 4.69) is 5.32 Å².